The van der Waals surface area contributed by atoms with E-state index in [4.69, 9.17) is 11.6 Å². The SMILES string of the molecule is Cc1cc(NC(=O)C2CCCCC2C(=O)O)nn1Cc1ccc(Cl)cc1. The summed E-state index contributed by atoms with van der Waals surface area (Å²) in [6.07, 6.45) is 2.90. The lowest BCUT2D eigenvalue weighted by Crippen LogP contribution is -2.36. The van der Waals surface area contributed by atoms with Gasteiger partial charge in [-0.2, -0.15) is 5.10 Å². The fraction of sp³-hybridized carbons (Fsp3) is 0.421. The second-order valence-electron chi connectivity index (χ2n) is 6.78. The Kier molecular flexibility index (Phi) is 5.61. The molecular weight excluding hydrogens is 354 g/mol. The number of carboxylic acid groups (broad SMARTS) is 1. The van der Waals surface area contributed by atoms with Gasteiger partial charge in [0.15, 0.2) is 5.82 Å². The zero-order valence-corrected chi connectivity index (χ0v) is 15.4. The summed E-state index contributed by atoms with van der Waals surface area (Å²) < 4.78 is 1.80. The smallest absolute Gasteiger partial charge is 0.307 e. The molecule has 0 bridgehead atoms. The molecule has 1 fully saturated rings. The van der Waals surface area contributed by atoms with Gasteiger partial charge in [-0.15, -0.1) is 0 Å². The number of nitrogens with zero attached hydrogens (tertiary/aromatic N) is 2. The third kappa shape index (κ3) is 4.25. The van der Waals surface area contributed by atoms with E-state index in [0.29, 0.717) is 30.2 Å². The second kappa shape index (κ2) is 7.91. The zero-order chi connectivity index (χ0) is 18.7. The molecule has 26 heavy (non-hydrogen) atoms. The van der Waals surface area contributed by atoms with Crippen LogP contribution in [-0.2, 0) is 16.1 Å². The first kappa shape index (κ1) is 18.5. The molecule has 0 spiro atoms. The fourth-order valence-electron chi connectivity index (χ4n) is 3.45. The fourth-order valence-corrected chi connectivity index (χ4v) is 3.58. The molecule has 2 N–H and O–H groups in total. The van der Waals surface area contributed by atoms with Crippen LogP contribution in [0.1, 0.15) is 36.9 Å². The lowest BCUT2D eigenvalue weighted by Gasteiger charge is -2.27. The Morgan fingerprint density at radius 3 is 2.54 bits per heavy atom. The number of carbonyl (C=O) groups excluding carboxylic acids is 1. The molecular formula is C19H22ClN3O3. The van der Waals surface area contributed by atoms with Crippen LogP contribution in [0.5, 0.6) is 0 Å². The number of nitrogens with one attached hydrogen (secondary N) is 1. The molecule has 1 aliphatic rings. The predicted molar refractivity (Wildman–Crippen MR) is 99.2 cm³/mol. The number of benzene rings is 1. The lowest BCUT2D eigenvalue weighted by atomic mass is 9.79. The summed E-state index contributed by atoms with van der Waals surface area (Å²) in [5.74, 6) is -1.80. The van der Waals surface area contributed by atoms with Crippen molar-refractivity contribution < 1.29 is 14.7 Å². The van der Waals surface area contributed by atoms with Gasteiger partial charge in [0.2, 0.25) is 5.91 Å². The quantitative estimate of drug-likeness (QED) is 0.834. The largest absolute Gasteiger partial charge is 0.481 e. The normalized spacial score (nSPS) is 19.9. The molecule has 2 aromatic rings. The van der Waals surface area contributed by atoms with Crippen LogP contribution < -0.4 is 5.32 Å². The molecule has 1 aromatic heterocycles. The van der Waals surface area contributed by atoms with E-state index in [2.05, 4.69) is 10.4 Å². The van der Waals surface area contributed by atoms with Crippen molar-refractivity contribution in [1.82, 2.24) is 9.78 Å². The summed E-state index contributed by atoms with van der Waals surface area (Å²) in [7, 11) is 0. The van der Waals surface area contributed by atoms with Crippen LogP contribution in [0, 0.1) is 18.8 Å². The molecule has 1 saturated carbocycles. The molecule has 6 nitrogen and oxygen atoms in total. The molecule has 2 unspecified atom stereocenters. The maximum Gasteiger partial charge on any atom is 0.307 e. The number of hydrogen-bond donors (Lipinski definition) is 2. The molecule has 1 amide bonds. The van der Waals surface area contributed by atoms with Gasteiger partial charge in [0.05, 0.1) is 18.4 Å². The monoisotopic (exact) mass is 375 g/mol. The summed E-state index contributed by atoms with van der Waals surface area (Å²) >= 11 is 5.90. The number of aliphatic carboxylic acids is 1. The summed E-state index contributed by atoms with van der Waals surface area (Å²) in [6, 6.07) is 9.32. The van der Waals surface area contributed by atoms with Crippen molar-refractivity contribution in [3.8, 4) is 0 Å². The van der Waals surface area contributed by atoms with E-state index in [1.54, 1.807) is 10.7 Å². The number of carbonyl (C=O) groups is 2. The van der Waals surface area contributed by atoms with Gasteiger partial charge in [-0.3, -0.25) is 14.3 Å². The van der Waals surface area contributed by atoms with Crippen LogP contribution in [-0.4, -0.2) is 26.8 Å². The van der Waals surface area contributed by atoms with E-state index >= 15 is 0 Å². The number of rotatable bonds is 5. The number of halogens is 1. The minimum Gasteiger partial charge on any atom is -0.481 e. The first-order valence-corrected chi connectivity index (χ1v) is 9.14. The number of amides is 1. The molecule has 0 radical (unpaired) electrons. The van der Waals surface area contributed by atoms with Crippen molar-refractivity contribution in [2.75, 3.05) is 5.32 Å². The highest BCUT2D eigenvalue weighted by Crippen LogP contribution is 2.31. The summed E-state index contributed by atoms with van der Waals surface area (Å²) in [6.45, 7) is 2.49. The lowest BCUT2D eigenvalue weighted by molar-refractivity contribution is -0.147. The van der Waals surface area contributed by atoms with E-state index in [1.807, 2.05) is 31.2 Å². The summed E-state index contributed by atoms with van der Waals surface area (Å²) in [5, 5.41) is 17.3. The minimum atomic E-state index is -0.894. The molecule has 1 heterocycles. The Hall–Kier alpha value is -2.34. The maximum absolute atomic E-state index is 12.6. The molecule has 2 atom stereocenters. The van der Waals surface area contributed by atoms with E-state index in [0.717, 1.165) is 24.1 Å². The molecule has 0 aliphatic heterocycles. The number of carboxylic acids is 1. The Morgan fingerprint density at radius 1 is 1.23 bits per heavy atom. The van der Waals surface area contributed by atoms with Crippen molar-refractivity contribution in [3.05, 3.63) is 46.6 Å². The van der Waals surface area contributed by atoms with E-state index in [1.165, 1.54) is 0 Å². The third-order valence-corrected chi connectivity index (χ3v) is 5.15. The molecule has 3 rings (SSSR count). The van der Waals surface area contributed by atoms with Crippen LogP contribution >= 0.6 is 11.6 Å². The number of anilines is 1. The van der Waals surface area contributed by atoms with E-state index < -0.39 is 17.8 Å². The Balaban J connectivity index is 1.69. The molecule has 1 aliphatic carbocycles. The van der Waals surface area contributed by atoms with Gasteiger partial charge < -0.3 is 10.4 Å². The van der Waals surface area contributed by atoms with Gasteiger partial charge in [-0.05, 0) is 37.5 Å². The van der Waals surface area contributed by atoms with E-state index in [-0.39, 0.29) is 5.91 Å². The van der Waals surface area contributed by atoms with Crippen LogP contribution in [0.15, 0.2) is 30.3 Å². The Labute approximate surface area is 157 Å². The molecule has 138 valence electrons. The van der Waals surface area contributed by atoms with E-state index in [9.17, 15) is 14.7 Å². The zero-order valence-electron chi connectivity index (χ0n) is 14.6. The van der Waals surface area contributed by atoms with Crippen molar-refractivity contribution >= 4 is 29.3 Å². The number of aryl methyl sites for hydroxylation is 1. The van der Waals surface area contributed by atoms with Gasteiger partial charge in [-0.1, -0.05) is 36.6 Å². The highest BCUT2D eigenvalue weighted by molar-refractivity contribution is 6.30. The minimum absolute atomic E-state index is 0.256. The highest BCUT2D eigenvalue weighted by atomic mass is 35.5. The van der Waals surface area contributed by atoms with Crippen molar-refractivity contribution in [1.29, 1.82) is 0 Å². The average molecular weight is 376 g/mol. The van der Waals surface area contributed by atoms with Gasteiger partial charge in [0, 0.05) is 16.8 Å². The first-order valence-electron chi connectivity index (χ1n) is 8.76. The highest BCUT2D eigenvalue weighted by Gasteiger charge is 2.35. The standard InChI is InChI=1S/C19H22ClN3O3/c1-12-10-17(22-23(12)11-13-6-8-14(20)9-7-13)21-18(24)15-4-2-3-5-16(15)19(25)26/h6-10,15-16H,2-5,11H2,1H3,(H,25,26)(H,21,22,24). The predicted octanol–water partition coefficient (Wildman–Crippen LogP) is 3.72. The summed E-state index contributed by atoms with van der Waals surface area (Å²) in [5.41, 5.74) is 1.96. The van der Waals surface area contributed by atoms with Crippen molar-refractivity contribution in [3.63, 3.8) is 0 Å². The number of aromatic nitrogens is 2. The van der Waals surface area contributed by atoms with Gasteiger partial charge in [-0.25, -0.2) is 0 Å². The Bertz CT molecular complexity index is 801. The molecule has 0 saturated heterocycles. The van der Waals surface area contributed by atoms with Gasteiger partial charge in [0.1, 0.15) is 0 Å². The molecule has 7 heteroatoms. The van der Waals surface area contributed by atoms with Crippen LogP contribution in [0.25, 0.3) is 0 Å². The average Bonchev–Trinajstić information content (AvgIpc) is 2.96. The van der Waals surface area contributed by atoms with Crippen molar-refractivity contribution in [2.45, 2.75) is 39.2 Å². The topological polar surface area (TPSA) is 84.2 Å². The van der Waals surface area contributed by atoms with Crippen LogP contribution in [0.3, 0.4) is 0 Å². The van der Waals surface area contributed by atoms with Crippen LogP contribution in [0.4, 0.5) is 5.82 Å². The third-order valence-electron chi connectivity index (χ3n) is 4.90. The first-order chi connectivity index (χ1) is 12.4. The Morgan fingerprint density at radius 2 is 1.88 bits per heavy atom. The van der Waals surface area contributed by atoms with Crippen LogP contribution in [0.2, 0.25) is 5.02 Å². The van der Waals surface area contributed by atoms with Gasteiger partial charge >= 0.3 is 5.97 Å². The maximum atomic E-state index is 12.6. The van der Waals surface area contributed by atoms with Crippen molar-refractivity contribution in [2.24, 2.45) is 11.8 Å². The summed E-state index contributed by atoms with van der Waals surface area (Å²) in [4.78, 5) is 24.0. The molecule has 1 aromatic carbocycles. The van der Waals surface area contributed by atoms with Gasteiger partial charge in [0.25, 0.3) is 0 Å². The number of hydrogen-bond acceptors (Lipinski definition) is 3. The second-order valence-corrected chi connectivity index (χ2v) is 7.22.